The molecule has 18 heavy (non-hydrogen) atoms. The molecule has 1 aromatic carbocycles. The smallest absolute Gasteiger partial charge is 0.254 e. The van der Waals surface area contributed by atoms with Crippen molar-refractivity contribution in [3.05, 3.63) is 57.0 Å². The summed E-state index contributed by atoms with van der Waals surface area (Å²) < 4.78 is 13.5. The lowest BCUT2D eigenvalue weighted by molar-refractivity contribution is 0.0947. The highest BCUT2D eigenvalue weighted by Crippen LogP contribution is 2.15. The Morgan fingerprint density at radius 1 is 1.33 bits per heavy atom. The highest BCUT2D eigenvalue weighted by atomic mass is 32.1. The summed E-state index contributed by atoms with van der Waals surface area (Å²) in [6.45, 7) is 4.26. The van der Waals surface area contributed by atoms with Gasteiger partial charge in [-0.2, -0.15) is 0 Å². The van der Waals surface area contributed by atoms with E-state index in [1.54, 1.807) is 23.5 Å². The van der Waals surface area contributed by atoms with Gasteiger partial charge in [-0.05, 0) is 43.0 Å². The van der Waals surface area contributed by atoms with Crippen LogP contribution in [0.1, 0.15) is 26.4 Å². The van der Waals surface area contributed by atoms with E-state index in [4.69, 9.17) is 0 Å². The number of thiophene rings is 1. The van der Waals surface area contributed by atoms with Gasteiger partial charge < -0.3 is 5.32 Å². The molecule has 0 saturated heterocycles. The summed E-state index contributed by atoms with van der Waals surface area (Å²) in [5.41, 5.74) is 2.11. The third-order valence-electron chi connectivity index (χ3n) is 2.74. The maximum atomic E-state index is 13.5. The fraction of sp³-hybridized carbons (Fsp3) is 0.214. The van der Waals surface area contributed by atoms with Crippen LogP contribution < -0.4 is 5.32 Å². The SMILES string of the molecule is Cc1ccc(F)c(C(=O)NCc2sccc2C)c1. The Morgan fingerprint density at radius 2 is 2.11 bits per heavy atom. The molecule has 2 rings (SSSR count). The van der Waals surface area contributed by atoms with Crippen molar-refractivity contribution in [2.45, 2.75) is 20.4 Å². The topological polar surface area (TPSA) is 29.1 Å². The second kappa shape index (κ2) is 5.31. The molecule has 1 heterocycles. The molecule has 0 unspecified atom stereocenters. The Bertz CT molecular complexity index is 577. The van der Waals surface area contributed by atoms with E-state index in [1.807, 2.05) is 25.3 Å². The van der Waals surface area contributed by atoms with Crippen molar-refractivity contribution >= 4 is 17.2 Å². The average Bonchev–Trinajstić information content (AvgIpc) is 2.75. The van der Waals surface area contributed by atoms with E-state index in [-0.39, 0.29) is 11.5 Å². The predicted octanol–water partition coefficient (Wildman–Crippen LogP) is 3.43. The normalized spacial score (nSPS) is 10.4. The molecule has 0 saturated carbocycles. The third kappa shape index (κ3) is 2.76. The first kappa shape index (κ1) is 12.8. The monoisotopic (exact) mass is 263 g/mol. The van der Waals surface area contributed by atoms with Gasteiger partial charge in [0.05, 0.1) is 12.1 Å². The zero-order valence-electron chi connectivity index (χ0n) is 10.3. The number of rotatable bonds is 3. The van der Waals surface area contributed by atoms with E-state index in [0.29, 0.717) is 6.54 Å². The number of aryl methyl sites for hydroxylation is 2. The zero-order chi connectivity index (χ0) is 13.1. The molecule has 1 N–H and O–H groups in total. The first-order valence-corrected chi connectivity index (χ1v) is 6.53. The van der Waals surface area contributed by atoms with Crippen LogP contribution in [0.4, 0.5) is 4.39 Å². The number of benzene rings is 1. The standard InChI is InChI=1S/C14H14FNOS/c1-9-3-4-12(15)11(7-9)14(17)16-8-13-10(2)5-6-18-13/h3-7H,8H2,1-2H3,(H,16,17). The summed E-state index contributed by atoms with van der Waals surface area (Å²) in [5, 5.41) is 4.72. The molecule has 94 valence electrons. The summed E-state index contributed by atoms with van der Waals surface area (Å²) in [4.78, 5) is 13.0. The molecule has 0 aliphatic carbocycles. The van der Waals surface area contributed by atoms with E-state index in [9.17, 15) is 9.18 Å². The maximum absolute atomic E-state index is 13.5. The number of nitrogens with one attached hydrogen (secondary N) is 1. The van der Waals surface area contributed by atoms with Gasteiger partial charge in [0.15, 0.2) is 0 Å². The van der Waals surface area contributed by atoms with Gasteiger partial charge in [0, 0.05) is 4.88 Å². The maximum Gasteiger partial charge on any atom is 0.254 e. The van der Waals surface area contributed by atoms with Gasteiger partial charge in [0.1, 0.15) is 5.82 Å². The molecule has 0 radical (unpaired) electrons. The lowest BCUT2D eigenvalue weighted by atomic mass is 10.1. The van der Waals surface area contributed by atoms with E-state index in [1.165, 1.54) is 6.07 Å². The average molecular weight is 263 g/mol. The van der Waals surface area contributed by atoms with E-state index in [0.717, 1.165) is 16.0 Å². The van der Waals surface area contributed by atoms with Gasteiger partial charge in [0.2, 0.25) is 0 Å². The Balaban J connectivity index is 2.08. The van der Waals surface area contributed by atoms with Crippen molar-refractivity contribution in [3.8, 4) is 0 Å². The second-order valence-electron chi connectivity index (χ2n) is 4.19. The molecule has 1 aromatic heterocycles. The fourth-order valence-corrected chi connectivity index (χ4v) is 2.50. The second-order valence-corrected chi connectivity index (χ2v) is 5.19. The van der Waals surface area contributed by atoms with E-state index in [2.05, 4.69) is 5.32 Å². The largest absolute Gasteiger partial charge is 0.347 e. The van der Waals surface area contributed by atoms with Gasteiger partial charge in [-0.3, -0.25) is 4.79 Å². The van der Waals surface area contributed by atoms with Crippen LogP contribution >= 0.6 is 11.3 Å². The van der Waals surface area contributed by atoms with Crippen LogP contribution in [0, 0.1) is 19.7 Å². The molecule has 2 aromatic rings. The van der Waals surface area contributed by atoms with Crippen LogP contribution in [0.5, 0.6) is 0 Å². The summed E-state index contributed by atoms with van der Waals surface area (Å²) >= 11 is 1.59. The van der Waals surface area contributed by atoms with E-state index < -0.39 is 5.82 Å². The summed E-state index contributed by atoms with van der Waals surface area (Å²) in [6.07, 6.45) is 0. The molecule has 2 nitrogen and oxygen atoms in total. The van der Waals surface area contributed by atoms with E-state index >= 15 is 0 Å². The zero-order valence-corrected chi connectivity index (χ0v) is 11.1. The molecule has 0 spiro atoms. The van der Waals surface area contributed by atoms with Crippen molar-refractivity contribution in [1.29, 1.82) is 0 Å². The van der Waals surface area contributed by atoms with Crippen molar-refractivity contribution in [2.75, 3.05) is 0 Å². The quantitative estimate of drug-likeness (QED) is 0.903. The Hall–Kier alpha value is -1.68. The molecule has 0 fully saturated rings. The lowest BCUT2D eigenvalue weighted by Gasteiger charge is -2.06. The van der Waals surface area contributed by atoms with Crippen LogP contribution in [0.2, 0.25) is 0 Å². The van der Waals surface area contributed by atoms with Crippen LogP contribution in [-0.4, -0.2) is 5.91 Å². The fourth-order valence-electron chi connectivity index (χ4n) is 1.65. The first-order chi connectivity index (χ1) is 8.58. The minimum atomic E-state index is -0.485. The van der Waals surface area contributed by atoms with Crippen LogP contribution in [0.25, 0.3) is 0 Å². The van der Waals surface area contributed by atoms with Crippen molar-refractivity contribution < 1.29 is 9.18 Å². The molecule has 0 bridgehead atoms. The molecule has 0 atom stereocenters. The molecule has 1 amide bonds. The number of carbonyl (C=O) groups is 1. The highest BCUT2D eigenvalue weighted by molar-refractivity contribution is 7.10. The van der Waals surface area contributed by atoms with Crippen LogP contribution in [0.3, 0.4) is 0 Å². The Labute approximate surface area is 109 Å². The molecule has 4 heteroatoms. The molecule has 0 aliphatic heterocycles. The van der Waals surface area contributed by atoms with Crippen molar-refractivity contribution in [3.63, 3.8) is 0 Å². The first-order valence-electron chi connectivity index (χ1n) is 5.65. The summed E-state index contributed by atoms with van der Waals surface area (Å²) in [7, 11) is 0. The molecular formula is C14H14FNOS. The number of hydrogen-bond donors (Lipinski definition) is 1. The minimum Gasteiger partial charge on any atom is -0.347 e. The number of halogens is 1. The van der Waals surface area contributed by atoms with Gasteiger partial charge in [0.25, 0.3) is 5.91 Å². The lowest BCUT2D eigenvalue weighted by Crippen LogP contribution is -2.23. The van der Waals surface area contributed by atoms with Gasteiger partial charge in [-0.25, -0.2) is 4.39 Å². The number of amides is 1. The van der Waals surface area contributed by atoms with Gasteiger partial charge in [-0.15, -0.1) is 11.3 Å². The van der Waals surface area contributed by atoms with Gasteiger partial charge >= 0.3 is 0 Å². The van der Waals surface area contributed by atoms with Crippen molar-refractivity contribution in [2.24, 2.45) is 0 Å². The summed E-state index contributed by atoms with van der Waals surface area (Å²) in [5.74, 6) is -0.856. The Kier molecular flexibility index (Phi) is 3.77. The highest BCUT2D eigenvalue weighted by Gasteiger charge is 2.12. The predicted molar refractivity (Wildman–Crippen MR) is 71.4 cm³/mol. The molecular weight excluding hydrogens is 249 g/mol. The summed E-state index contributed by atoms with van der Waals surface area (Å²) in [6, 6.07) is 6.53. The molecule has 0 aliphatic rings. The number of hydrogen-bond acceptors (Lipinski definition) is 2. The Morgan fingerprint density at radius 3 is 2.78 bits per heavy atom. The van der Waals surface area contributed by atoms with Gasteiger partial charge in [-0.1, -0.05) is 11.6 Å². The van der Waals surface area contributed by atoms with Crippen LogP contribution in [-0.2, 0) is 6.54 Å². The minimum absolute atomic E-state index is 0.101. The number of carbonyl (C=O) groups excluding carboxylic acids is 1. The third-order valence-corrected chi connectivity index (χ3v) is 3.77. The van der Waals surface area contributed by atoms with Crippen molar-refractivity contribution in [1.82, 2.24) is 5.32 Å². The van der Waals surface area contributed by atoms with Crippen LogP contribution in [0.15, 0.2) is 29.6 Å².